The molecule has 0 spiro atoms. The number of aliphatic hydroxyl groups excluding tert-OH is 1. The average molecular weight is 232 g/mol. The minimum absolute atomic E-state index is 0.141. The van der Waals surface area contributed by atoms with Crippen molar-refractivity contribution in [1.29, 1.82) is 0 Å². The number of rotatable bonds is 3. The third kappa shape index (κ3) is 10.4. The quantitative estimate of drug-likeness (QED) is 0.417. The van der Waals surface area contributed by atoms with Gasteiger partial charge in [0.2, 0.25) is 0 Å². The highest BCUT2D eigenvalue weighted by Gasteiger charge is 2.11. The highest BCUT2D eigenvalue weighted by molar-refractivity contribution is 5.86. The van der Waals surface area contributed by atoms with Crippen LogP contribution in [-0.4, -0.2) is 34.2 Å². The summed E-state index contributed by atoms with van der Waals surface area (Å²) in [6.07, 6.45) is -0.506. The van der Waals surface area contributed by atoms with Crippen molar-refractivity contribution in [3.63, 3.8) is 0 Å². The molecule has 0 aromatic carbocycles. The van der Waals surface area contributed by atoms with E-state index in [-0.39, 0.29) is 5.57 Å². The molecule has 0 aliphatic heterocycles. The Kier molecular flexibility index (Phi) is 9.00. The lowest BCUT2D eigenvalue weighted by atomic mass is 10.1. The van der Waals surface area contributed by atoms with Gasteiger partial charge >= 0.3 is 17.9 Å². The van der Waals surface area contributed by atoms with Gasteiger partial charge in [-0.05, 0) is 6.42 Å². The molecule has 6 heteroatoms. The zero-order chi connectivity index (χ0) is 13.3. The summed E-state index contributed by atoms with van der Waals surface area (Å²) in [5.74, 6) is -2.26. The molecule has 16 heavy (non-hydrogen) atoms. The molecule has 0 amide bonds. The van der Waals surface area contributed by atoms with Gasteiger partial charge in [-0.2, -0.15) is 0 Å². The van der Waals surface area contributed by atoms with E-state index in [9.17, 15) is 14.4 Å². The Balaban J connectivity index is 0. The highest BCUT2D eigenvalue weighted by atomic mass is 16.6. The molecule has 0 radical (unpaired) electrons. The van der Waals surface area contributed by atoms with E-state index in [1.807, 2.05) is 0 Å². The van der Waals surface area contributed by atoms with Crippen molar-refractivity contribution in [3.8, 4) is 0 Å². The molecular formula is C10H16O6. The number of hydrogen-bond donors (Lipinski definition) is 2. The number of esters is 2. The molecular weight excluding hydrogens is 216 g/mol. The second-order valence-corrected chi connectivity index (χ2v) is 2.84. The van der Waals surface area contributed by atoms with Crippen LogP contribution in [0.25, 0.3) is 0 Å². The third-order valence-electron chi connectivity index (χ3n) is 1.35. The molecule has 0 rings (SSSR count). The van der Waals surface area contributed by atoms with Gasteiger partial charge in [-0.15, -0.1) is 0 Å². The molecule has 0 heterocycles. The zero-order valence-electron chi connectivity index (χ0n) is 9.52. The molecule has 92 valence electrons. The Bertz CT molecular complexity index is 269. The van der Waals surface area contributed by atoms with Crippen molar-refractivity contribution in [2.45, 2.75) is 33.3 Å². The lowest BCUT2D eigenvalue weighted by Crippen LogP contribution is -2.15. The molecule has 0 saturated carbocycles. The van der Waals surface area contributed by atoms with E-state index in [0.29, 0.717) is 6.42 Å². The highest BCUT2D eigenvalue weighted by Crippen LogP contribution is 2.02. The number of hydrogen-bond acceptors (Lipinski definition) is 5. The van der Waals surface area contributed by atoms with E-state index < -0.39 is 24.0 Å². The van der Waals surface area contributed by atoms with E-state index in [0.717, 1.165) is 0 Å². The zero-order valence-corrected chi connectivity index (χ0v) is 9.52. The monoisotopic (exact) mass is 232 g/mol. The molecule has 0 saturated heterocycles. The maximum absolute atomic E-state index is 10.0. The van der Waals surface area contributed by atoms with Crippen LogP contribution in [0.15, 0.2) is 12.2 Å². The molecule has 1 atom stereocenters. The van der Waals surface area contributed by atoms with Crippen molar-refractivity contribution in [3.05, 3.63) is 12.2 Å². The van der Waals surface area contributed by atoms with E-state index in [2.05, 4.69) is 11.3 Å². The van der Waals surface area contributed by atoms with Gasteiger partial charge in [0.15, 0.2) is 0 Å². The summed E-state index contributed by atoms with van der Waals surface area (Å²) in [5.41, 5.74) is -0.141. The summed E-state index contributed by atoms with van der Waals surface area (Å²) in [5, 5.41) is 17.0. The third-order valence-corrected chi connectivity index (χ3v) is 1.35. The summed E-state index contributed by atoms with van der Waals surface area (Å²) < 4.78 is 3.97. The number of aliphatic carboxylic acids is 1. The van der Waals surface area contributed by atoms with Crippen LogP contribution in [0.4, 0.5) is 0 Å². The van der Waals surface area contributed by atoms with E-state index >= 15 is 0 Å². The van der Waals surface area contributed by atoms with Crippen molar-refractivity contribution in [2.24, 2.45) is 0 Å². The van der Waals surface area contributed by atoms with Crippen molar-refractivity contribution in [2.75, 3.05) is 0 Å². The Labute approximate surface area is 93.5 Å². The number of carboxylic acids is 1. The standard InChI is InChI=1S/C6H10O3.C4H6O3/c1-3-5(7)4(2)6(8)9;1-3(5)7-4(2)6/h5,7H,2-3H2,1H3,(H,8,9);1-2H3. The molecule has 0 aliphatic carbocycles. The Morgan fingerprint density at radius 2 is 1.62 bits per heavy atom. The SMILES string of the molecule is C=C(C(=O)O)C(O)CC.CC(=O)OC(C)=O. The number of carboxylic acid groups (broad SMARTS) is 1. The van der Waals surface area contributed by atoms with Crippen molar-refractivity contribution < 1.29 is 29.3 Å². The Hall–Kier alpha value is -1.69. The molecule has 2 N–H and O–H groups in total. The van der Waals surface area contributed by atoms with Crippen LogP contribution in [0, 0.1) is 0 Å². The largest absolute Gasteiger partial charge is 0.478 e. The van der Waals surface area contributed by atoms with Crippen LogP contribution in [0.5, 0.6) is 0 Å². The summed E-state index contributed by atoms with van der Waals surface area (Å²) in [7, 11) is 0. The number of ether oxygens (including phenoxy) is 1. The predicted molar refractivity (Wildman–Crippen MR) is 55.5 cm³/mol. The van der Waals surface area contributed by atoms with E-state index in [1.165, 1.54) is 13.8 Å². The summed E-state index contributed by atoms with van der Waals surface area (Å²) >= 11 is 0. The first-order chi connectivity index (χ1) is 7.22. The first-order valence-corrected chi connectivity index (χ1v) is 4.51. The molecule has 6 nitrogen and oxygen atoms in total. The van der Waals surface area contributed by atoms with Gasteiger partial charge in [0.05, 0.1) is 11.7 Å². The van der Waals surface area contributed by atoms with E-state index in [4.69, 9.17) is 10.2 Å². The first kappa shape index (κ1) is 16.7. The smallest absolute Gasteiger partial charge is 0.333 e. The lowest BCUT2D eigenvalue weighted by Gasteiger charge is -2.04. The minimum Gasteiger partial charge on any atom is -0.478 e. The number of carbonyl (C=O) groups excluding carboxylic acids is 2. The topological polar surface area (TPSA) is 101 Å². The lowest BCUT2D eigenvalue weighted by molar-refractivity contribution is -0.156. The maximum atomic E-state index is 10.0. The van der Waals surface area contributed by atoms with E-state index in [1.54, 1.807) is 6.92 Å². The van der Waals surface area contributed by atoms with Gasteiger partial charge in [-0.3, -0.25) is 9.59 Å². The molecule has 0 fully saturated rings. The average Bonchev–Trinajstić information content (AvgIpc) is 2.14. The fraction of sp³-hybridized carbons (Fsp3) is 0.500. The molecule has 0 aromatic rings. The van der Waals surface area contributed by atoms with Gasteiger partial charge < -0.3 is 14.9 Å². The first-order valence-electron chi connectivity index (χ1n) is 4.51. The molecule has 0 bridgehead atoms. The van der Waals surface area contributed by atoms with Crippen molar-refractivity contribution >= 4 is 17.9 Å². The maximum Gasteiger partial charge on any atom is 0.333 e. The summed E-state index contributed by atoms with van der Waals surface area (Å²) in [6, 6.07) is 0. The molecule has 1 unspecified atom stereocenters. The van der Waals surface area contributed by atoms with Crippen LogP contribution in [0.2, 0.25) is 0 Å². The Morgan fingerprint density at radius 3 is 1.69 bits per heavy atom. The predicted octanol–water partition coefficient (Wildman–Crippen LogP) is 0.494. The minimum atomic E-state index is -1.13. The molecule has 0 aliphatic rings. The fourth-order valence-corrected chi connectivity index (χ4v) is 0.591. The second-order valence-electron chi connectivity index (χ2n) is 2.84. The van der Waals surface area contributed by atoms with Crippen molar-refractivity contribution in [1.82, 2.24) is 0 Å². The summed E-state index contributed by atoms with van der Waals surface area (Å²) in [4.78, 5) is 29.7. The van der Waals surface area contributed by atoms with Crippen LogP contribution >= 0.6 is 0 Å². The van der Waals surface area contributed by atoms with Crippen LogP contribution in [-0.2, 0) is 19.1 Å². The number of carbonyl (C=O) groups is 3. The van der Waals surface area contributed by atoms with Gasteiger partial charge in [0, 0.05) is 13.8 Å². The Morgan fingerprint density at radius 1 is 1.25 bits per heavy atom. The van der Waals surface area contributed by atoms with Gasteiger partial charge in [0.25, 0.3) is 0 Å². The normalized spacial score (nSPS) is 10.5. The van der Waals surface area contributed by atoms with Crippen LogP contribution < -0.4 is 0 Å². The van der Waals surface area contributed by atoms with Crippen LogP contribution in [0.3, 0.4) is 0 Å². The number of aliphatic hydroxyl groups is 1. The fourth-order valence-electron chi connectivity index (χ4n) is 0.591. The van der Waals surface area contributed by atoms with Gasteiger partial charge in [0.1, 0.15) is 0 Å². The van der Waals surface area contributed by atoms with Gasteiger partial charge in [-0.25, -0.2) is 4.79 Å². The summed E-state index contributed by atoms with van der Waals surface area (Å²) in [6.45, 7) is 7.23. The van der Waals surface area contributed by atoms with Gasteiger partial charge in [-0.1, -0.05) is 13.5 Å². The van der Waals surface area contributed by atoms with Crippen LogP contribution in [0.1, 0.15) is 27.2 Å². The second kappa shape index (κ2) is 8.60. The molecule has 0 aromatic heterocycles.